The van der Waals surface area contributed by atoms with Gasteiger partial charge in [0.15, 0.2) is 0 Å². The maximum atomic E-state index is 11.7. The summed E-state index contributed by atoms with van der Waals surface area (Å²) in [5.74, 6) is -1.62. The average Bonchev–Trinajstić information content (AvgIpc) is 2.35. The van der Waals surface area contributed by atoms with Crippen LogP contribution >= 0.6 is 0 Å². The number of carboxylic acids is 1. The Hall–Kier alpha value is -1.79. The maximum Gasteiger partial charge on any atom is 0.326 e. The second kappa shape index (κ2) is 7.72. The minimum Gasteiger partial charge on any atom is -0.480 e. The topological polar surface area (TPSA) is 105 Å². The molecule has 0 saturated carbocycles. The Bertz CT molecular complexity index is 366. The number of nitrogens with one attached hydrogen (secondary N) is 2. The maximum absolute atomic E-state index is 11.7. The van der Waals surface area contributed by atoms with Gasteiger partial charge in [0.2, 0.25) is 0 Å². The van der Waals surface area contributed by atoms with Gasteiger partial charge >= 0.3 is 18.0 Å². The van der Waals surface area contributed by atoms with E-state index >= 15 is 0 Å². The highest BCUT2D eigenvalue weighted by molar-refractivity contribution is 5.86. The Morgan fingerprint density at radius 3 is 2.20 bits per heavy atom. The molecule has 0 bridgehead atoms. The first-order valence-electron chi connectivity index (χ1n) is 6.44. The highest BCUT2D eigenvalue weighted by atomic mass is 16.5. The van der Waals surface area contributed by atoms with Gasteiger partial charge in [-0.25, -0.2) is 9.59 Å². The molecule has 0 rings (SSSR count). The third-order valence-electron chi connectivity index (χ3n) is 3.47. The second-order valence-corrected chi connectivity index (χ2v) is 5.64. The number of rotatable bonds is 7. The van der Waals surface area contributed by atoms with E-state index in [4.69, 9.17) is 5.11 Å². The first kappa shape index (κ1) is 18.2. The number of amides is 2. The average molecular weight is 288 g/mol. The van der Waals surface area contributed by atoms with Gasteiger partial charge in [-0.1, -0.05) is 27.7 Å². The van der Waals surface area contributed by atoms with Crippen LogP contribution < -0.4 is 10.6 Å². The van der Waals surface area contributed by atoms with Crippen LogP contribution in [0.2, 0.25) is 0 Å². The molecular weight excluding hydrogens is 264 g/mol. The molecule has 1 atom stereocenters. The Balaban J connectivity index is 4.41. The van der Waals surface area contributed by atoms with E-state index in [2.05, 4.69) is 15.4 Å². The van der Waals surface area contributed by atoms with Gasteiger partial charge in [-0.3, -0.25) is 4.79 Å². The van der Waals surface area contributed by atoms with E-state index in [0.29, 0.717) is 12.5 Å². The zero-order valence-corrected chi connectivity index (χ0v) is 12.6. The molecule has 0 saturated heterocycles. The molecule has 20 heavy (non-hydrogen) atoms. The van der Waals surface area contributed by atoms with E-state index in [1.54, 1.807) is 0 Å². The minimum atomic E-state index is -1.30. The molecule has 3 N–H and O–H groups in total. The molecule has 0 aromatic carbocycles. The number of methoxy groups -OCH3 is 1. The van der Waals surface area contributed by atoms with Gasteiger partial charge in [0.05, 0.1) is 13.5 Å². The molecule has 0 radical (unpaired) electrons. The molecule has 0 fully saturated rings. The molecule has 7 heteroatoms. The van der Waals surface area contributed by atoms with Crippen LogP contribution in [0, 0.1) is 11.3 Å². The molecule has 0 aliphatic heterocycles. The number of carbonyl (C=O) groups excluding carboxylic acids is 2. The van der Waals surface area contributed by atoms with Crippen molar-refractivity contribution in [3.05, 3.63) is 0 Å². The Morgan fingerprint density at radius 2 is 1.80 bits per heavy atom. The van der Waals surface area contributed by atoms with Gasteiger partial charge < -0.3 is 20.5 Å². The van der Waals surface area contributed by atoms with Gasteiger partial charge in [0.1, 0.15) is 6.04 Å². The van der Waals surface area contributed by atoms with Crippen LogP contribution in [0.5, 0.6) is 0 Å². The summed E-state index contributed by atoms with van der Waals surface area (Å²) in [6.07, 6.45) is -0.410. The molecule has 0 unspecified atom stereocenters. The first-order valence-corrected chi connectivity index (χ1v) is 6.44. The monoisotopic (exact) mass is 288 g/mol. The second-order valence-electron chi connectivity index (χ2n) is 5.64. The van der Waals surface area contributed by atoms with Gasteiger partial charge in [-0.15, -0.1) is 0 Å². The standard InChI is InChI=1S/C13H24N2O5/c1-8(2)13(3,4)7-14-12(19)15-9(11(17)18)6-10(16)20-5/h8-9H,6-7H2,1-5H3,(H,17,18)(H2,14,15,19)/t9-/m0/s1. The van der Waals surface area contributed by atoms with Crippen molar-refractivity contribution in [2.75, 3.05) is 13.7 Å². The Morgan fingerprint density at radius 1 is 1.25 bits per heavy atom. The predicted molar refractivity (Wildman–Crippen MR) is 73.2 cm³/mol. The summed E-state index contributed by atoms with van der Waals surface area (Å²) in [7, 11) is 1.16. The summed E-state index contributed by atoms with van der Waals surface area (Å²) in [6, 6.07) is -1.92. The van der Waals surface area contributed by atoms with Crippen LogP contribution in [0.1, 0.15) is 34.1 Å². The number of carboxylic acid groups (broad SMARTS) is 1. The fraction of sp³-hybridized carbons (Fsp3) is 0.769. The highest BCUT2D eigenvalue weighted by Crippen LogP contribution is 2.24. The van der Waals surface area contributed by atoms with Gasteiger partial charge in [-0.05, 0) is 11.3 Å². The number of aliphatic carboxylic acids is 1. The first-order chi connectivity index (χ1) is 9.10. The van der Waals surface area contributed by atoms with Crippen molar-refractivity contribution in [2.45, 2.75) is 40.2 Å². The van der Waals surface area contributed by atoms with Crippen molar-refractivity contribution >= 4 is 18.0 Å². The number of esters is 1. The predicted octanol–water partition coefficient (Wildman–Crippen LogP) is 0.984. The lowest BCUT2D eigenvalue weighted by Gasteiger charge is -2.29. The molecule has 116 valence electrons. The molecule has 0 aromatic rings. The largest absolute Gasteiger partial charge is 0.480 e. The van der Waals surface area contributed by atoms with E-state index in [-0.39, 0.29) is 5.41 Å². The van der Waals surface area contributed by atoms with Crippen molar-refractivity contribution in [3.8, 4) is 0 Å². The summed E-state index contributed by atoms with van der Waals surface area (Å²) in [5.41, 5.74) is -0.113. The Kier molecular flexibility index (Phi) is 7.02. The number of carbonyl (C=O) groups is 3. The number of ether oxygens (including phenoxy) is 1. The third kappa shape index (κ3) is 6.40. The van der Waals surface area contributed by atoms with E-state index in [1.165, 1.54) is 0 Å². The summed E-state index contributed by atoms with van der Waals surface area (Å²) in [5, 5.41) is 13.8. The van der Waals surface area contributed by atoms with Crippen LogP contribution in [0.25, 0.3) is 0 Å². The molecule has 0 spiro atoms. The third-order valence-corrected chi connectivity index (χ3v) is 3.47. The van der Waals surface area contributed by atoms with Crippen molar-refractivity contribution in [3.63, 3.8) is 0 Å². The molecular formula is C13H24N2O5. The lowest BCUT2D eigenvalue weighted by Crippen LogP contribution is -2.49. The zero-order valence-electron chi connectivity index (χ0n) is 12.6. The highest BCUT2D eigenvalue weighted by Gasteiger charge is 2.26. The smallest absolute Gasteiger partial charge is 0.326 e. The summed E-state index contributed by atoms with van der Waals surface area (Å²) < 4.78 is 4.38. The van der Waals surface area contributed by atoms with Crippen molar-refractivity contribution in [2.24, 2.45) is 11.3 Å². The fourth-order valence-corrected chi connectivity index (χ4v) is 1.17. The van der Waals surface area contributed by atoms with Crippen LogP contribution in [0.3, 0.4) is 0 Å². The number of hydrogen-bond donors (Lipinski definition) is 3. The quantitative estimate of drug-likeness (QED) is 0.606. The minimum absolute atomic E-state index is 0.113. The lowest BCUT2D eigenvalue weighted by molar-refractivity contribution is -0.147. The van der Waals surface area contributed by atoms with Crippen LogP contribution in [-0.4, -0.2) is 42.8 Å². The molecule has 0 aliphatic carbocycles. The molecule has 7 nitrogen and oxygen atoms in total. The molecule has 2 amide bonds. The van der Waals surface area contributed by atoms with Crippen LogP contribution in [0.15, 0.2) is 0 Å². The normalized spacial score (nSPS) is 12.7. The molecule has 0 aromatic heterocycles. The zero-order chi connectivity index (χ0) is 15.9. The summed E-state index contributed by atoms with van der Waals surface area (Å²) in [6.45, 7) is 8.48. The summed E-state index contributed by atoms with van der Waals surface area (Å²) in [4.78, 5) is 33.7. The number of hydrogen-bond acceptors (Lipinski definition) is 4. The Labute approximate surface area is 119 Å². The van der Waals surface area contributed by atoms with Crippen LogP contribution in [-0.2, 0) is 14.3 Å². The summed E-state index contributed by atoms with van der Waals surface area (Å²) >= 11 is 0. The van der Waals surface area contributed by atoms with E-state index in [1.807, 2.05) is 27.7 Å². The molecule has 0 aliphatic rings. The van der Waals surface area contributed by atoms with E-state index < -0.39 is 30.4 Å². The van der Waals surface area contributed by atoms with Gasteiger partial charge in [0.25, 0.3) is 0 Å². The SMILES string of the molecule is COC(=O)C[C@H](NC(=O)NCC(C)(C)C(C)C)C(=O)O. The van der Waals surface area contributed by atoms with Crippen LogP contribution in [0.4, 0.5) is 4.79 Å². The molecule has 0 heterocycles. The van der Waals surface area contributed by atoms with Crippen molar-refractivity contribution in [1.29, 1.82) is 0 Å². The van der Waals surface area contributed by atoms with E-state index in [0.717, 1.165) is 7.11 Å². The van der Waals surface area contributed by atoms with Gasteiger partial charge in [0, 0.05) is 6.54 Å². The van der Waals surface area contributed by atoms with Crippen molar-refractivity contribution < 1.29 is 24.2 Å². The van der Waals surface area contributed by atoms with Crippen molar-refractivity contribution in [1.82, 2.24) is 10.6 Å². The van der Waals surface area contributed by atoms with Gasteiger partial charge in [-0.2, -0.15) is 0 Å². The fourth-order valence-electron chi connectivity index (χ4n) is 1.17. The van der Waals surface area contributed by atoms with E-state index in [9.17, 15) is 14.4 Å². The lowest BCUT2D eigenvalue weighted by atomic mass is 9.81. The number of urea groups is 1.